The van der Waals surface area contributed by atoms with Gasteiger partial charge in [0.2, 0.25) is 0 Å². The van der Waals surface area contributed by atoms with Gasteiger partial charge in [0.15, 0.2) is 17.4 Å². The normalized spacial score (nSPS) is 14.3. The molecule has 1 atom stereocenters. The Morgan fingerprint density at radius 2 is 1.92 bits per heavy atom. The number of nitrogens with one attached hydrogen (secondary N) is 2. The fraction of sp³-hybridized carbons (Fsp3) is 0.208. The molecule has 2 aromatic heterocycles. The van der Waals surface area contributed by atoms with Crippen LogP contribution >= 0.6 is 0 Å². The van der Waals surface area contributed by atoms with Crippen LogP contribution in [0.5, 0.6) is 5.75 Å². The third-order valence-corrected chi connectivity index (χ3v) is 6.00. The molecule has 0 bridgehead atoms. The molecule has 5 rings (SSSR count). The van der Waals surface area contributed by atoms with Crippen LogP contribution in [0, 0.1) is 5.82 Å². The molecule has 11 nitrogen and oxygen atoms in total. The van der Waals surface area contributed by atoms with E-state index in [1.54, 1.807) is 11.7 Å². The highest BCUT2D eigenvalue weighted by molar-refractivity contribution is 5.97. The van der Waals surface area contributed by atoms with Gasteiger partial charge in [-0.2, -0.15) is 0 Å². The smallest absolute Gasteiger partial charge is 0.270 e. The van der Waals surface area contributed by atoms with Gasteiger partial charge in [-0.05, 0) is 58.2 Å². The number of amides is 2. The average molecular weight is 488 g/mol. The maximum Gasteiger partial charge on any atom is 0.270 e. The SMILES string of the molecule is Cn1nnnc1-c1ccc2c(c1)CC[C@H]2NC(=O)c1cc(C(=O)NCc2ccc(F)c(O)c2)ncn1. The summed E-state index contributed by atoms with van der Waals surface area (Å²) in [6.07, 6.45) is 2.66. The van der Waals surface area contributed by atoms with Gasteiger partial charge in [0.05, 0.1) is 6.04 Å². The minimum absolute atomic E-state index is 0.00948. The van der Waals surface area contributed by atoms with Gasteiger partial charge in [-0.1, -0.05) is 18.2 Å². The highest BCUT2D eigenvalue weighted by Gasteiger charge is 2.26. The van der Waals surface area contributed by atoms with Crippen LogP contribution in [0.3, 0.4) is 0 Å². The van der Waals surface area contributed by atoms with Gasteiger partial charge >= 0.3 is 0 Å². The van der Waals surface area contributed by atoms with E-state index in [0.717, 1.165) is 41.9 Å². The van der Waals surface area contributed by atoms with Crippen LogP contribution in [0.15, 0.2) is 48.8 Å². The van der Waals surface area contributed by atoms with Crippen LogP contribution in [0.1, 0.15) is 50.1 Å². The van der Waals surface area contributed by atoms with Crippen molar-refractivity contribution >= 4 is 11.8 Å². The van der Waals surface area contributed by atoms with Crippen LogP contribution in [-0.2, 0) is 20.0 Å². The molecule has 4 aromatic rings. The summed E-state index contributed by atoms with van der Waals surface area (Å²) in [6.45, 7) is 0.0451. The zero-order valence-electron chi connectivity index (χ0n) is 19.1. The van der Waals surface area contributed by atoms with Gasteiger partial charge in [0.1, 0.15) is 17.7 Å². The number of aryl methyl sites for hydroxylation is 2. The summed E-state index contributed by atoms with van der Waals surface area (Å²) in [6, 6.07) is 10.8. The molecule has 0 unspecified atom stereocenters. The van der Waals surface area contributed by atoms with Crippen molar-refractivity contribution in [3.05, 3.63) is 82.7 Å². The van der Waals surface area contributed by atoms with Crippen LogP contribution in [0.4, 0.5) is 4.39 Å². The van der Waals surface area contributed by atoms with E-state index in [9.17, 15) is 19.1 Å². The van der Waals surface area contributed by atoms with Gasteiger partial charge in [-0.25, -0.2) is 19.0 Å². The number of fused-ring (bicyclic) bond motifs is 1. The number of aromatic nitrogens is 6. The molecule has 12 heteroatoms. The second kappa shape index (κ2) is 9.49. The predicted molar refractivity (Wildman–Crippen MR) is 124 cm³/mol. The lowest BCUT2D eigenvalue weighted by Gasteiger charge is -2.14. The number of nitrogens with zero attached hydrogens (tertiary/aromatic N) is 6. The largest absolute Gasteiger partial charge is 0.505 e. The van der Waals surface area contributed by atoms with E-state index in [2.05, 4.69) is 36.1 Å². The molecule has 2 heterocycles. The number of carbonyl (C=O) groups excluding carboxylic acids is 2. The fourth-order valence-corrected chi connectivity index (χ4v) is 4.16. The summed E-state index contributed by atoms with van der Waals surface area (Å²) in [5.41, 5.74) is 3.59. The van der Waals surface area contributed by atoms with Crippen molar-refractivity contribution in [3.8, 4) is 17.1 Å². The Kier molecular flexibility index (Phi) is 6.07. The number of hydrogen-bond acceptors (Lipinski definition) is 8. The number of rotatable bonds is 6. The van der Waals surface area contributed by atoms with Crippen molar-refractivity contribution in [3.63, 3.8) is 0 Å². The van der Waals surface area contributed by atoms with E-state index in [1.165, 1.54) is 18.2 Å². The first-order valence-corrected chi connectivity index (χ1v) is 11.1. The maximum absolute atomic E-state index is 13.2. The molecule has 3 N–H and O–H groups in total. The monoisotopic (exact) mass is 488 g/mol. The quantitative estimate of drug-likeness (QED) is 0.373. The summed E-state index contributed by atoms with van der Waals surface area (Å²) in [4.78, 5) is 33.4. The average Bonchev–Trinajstić information content (AvgIpc) is 3.50. The Bertz CT molecular complexity index is 1470. The highest BCUT2D eigenvalue weighted by Crippen LogP contribution is 2.33. The minimum atomic E-state index is -0.746. The van der Waals surface area contributed by atoms with Gasteiger partial charge < -0.3 is 15.7 Å². The number of aromatic hydroxyl groups is 1. The third-order valence-electron chi connectivity index (χ3n) is 6.00. The van der Waals surface area contributed by atoms with Gasteiger partial charge in [-0.3, -0.25) is 9.59 Å². The van der Waals surface area contributed by atoms with E-state index in [4.69, 9.17) is 0 Å². The van der Waals surface area contributed by atoms with E-state index < -0.39 is 23.4 Å². The molecule has 0 aliphatic heterocycles. The molecular weight excluding hydrogens is 467 g/mol. The number of carbonyl (C=O) groups is 2. The Morgan fingerprint density at radius 1 is 1.11 bits per heavy atom. The van der Waals surface area contributed by atoms with Gasteiger partial charge in [0, 0.05) is 25.2 Å². The second-order valence-electron chi connectivity index (χ2n) is 8.36. The summed E-state index contributed by atoms with van der Waals surface area (Å²) in [5.74, 6) is -1.54. The zero-order valence-corrected chi connectivity index (χ0v) is 19.1. The first-order valence-electron chi connectivity index (χ1n) is 11.1. The number of phenols is 1. The van der Waals surface area contributed by atoms with Crippen LogP contribution in [-0.4, -0.2) is 47.1 Å². The van der Waals surface area contributed by atoms with E-state index in [1.807, 2.05) is 18.2 Å². The molecule has 1 aliphatic rings. The Balaban J connectivity index is 1.25. The molecular formula is C24H21FN8O3. The topological polar surface area (TPSA) is 148 Å². The minimum Gasteiger partial charge on any atom is -0.505 e. The molecule has 0 spiro atoms. The standard InChI is InChI=1S/C24H21FN8O3/c1-33-22(30-31-32-33)15-3-5-16-14(9-15)4-7-18(16)29-24(36)20-10-19(27-12-28-20)23(35)26-11-13-2-6-17(25)21(34)8-13/h2-3,5-6,8-10,12,18,34H,4,7,11H2,1H3,(H,26,35)(H,29,36)/t18-/m1/s1. The van der Waals surface area contributed by atoms with E-state index >= 15 is 0 Å². The van der Waals surface area contributed by atoms with Crippen LogP contribution < -0.4 is 10.6 Å². The fourth-order valence-electron chi connectivity index (χ4n) is 4.16. The maximum atomic E-state index is 13.2. The molecule has 182 valence electrons. The zero-order chi connectivity index (χ0) is 25.2. The molecule has 36 heavy (non-hydrogen) atoms. The summed E-state index contributed by atoms with van der Waals surface area (Å²) in [5, 5.41) is 26.6. The molecule has 2 amide bonds. The number of benzene rings is 2. The first kappa shape index (κ1) is 23.0. The number of halogens is 1. The molecule has 0 saturated carbocycles. The van der Waals surface area contributed by atoms with Crippen molar-refractivity contribution in [2.75, 3.05) is 0 Å². The second-order valence-corrected chi connectivity index (χ2v) is 8.36. The lowest BCUT2D eigenvalue weighted by molar-refractivity contribution is 0.0931. The molecule has 2 aromatic carbocycles. The van der Waals surface area contributed by atoms with Crippen LogP contribution in [0.25, 0.3) is 11.4 Å². The van der Waals surface area contributed by atoms with Crippen molar-refractivity contribution < 1.29 is 19.1 Å². The Morgan fingerprint density at radius 3 is 2.67 bits per heavy atom. The first-order chi connectivity index (χ1) is 17.4. The predicted octanol–water partition coefficient (Wildman–Crippen LogP) is 1.86. The summed E-state index contributed by atoms with van der Waals surface area (Å²) < 4.78 is 14.8. The van der Waals surface area contributed by atoms with Crippen molar-refractivity contribution in [1.82, 2.24) is 40.8 Å². The van der Waals surface area contributed by atoms with Gasteiger partial charge in [0.25, 0.3) is 11.8 Å². The van der Waals surface area contributed by atoms with Crippen molar-refractivity contribution in [1.29, 1.82) is 0 Å². The van der Waals surface area contributed by atoms with Gasteiger partial charge in [-0.15, -0.1) is 5.10 Å². The van der Waals surface area contributed by atoms with Crippen molar-refractivity contribution in [2.45, 2.75) is 25.4 Å². The number of hydrogen-bond donors (Lipinski definition) is 3. The lowest BCUT2D eigenvalue weighted by atomic mass is 10.0. The van der Waals surface area contributed by atoms with Crippen molar-refractivity contribution in [2.24, 2.45) is 7.05 Å². The lowest BCUT2D eigenvalue weighted by Crippen LogP contribution is -2.29. The molecule has 0 saturated heterocycles. The summed E-state index contributed by atoms with van der Waals surface area (Å²) >= 11 is 0. The molecule has 1 aliphatic carbocycles. The number of tetrazole rings is 1. The Labute approximate surface area is 204 Å². The molecule has 0 radical (unpaired) electrons. The number of phenolic OH excluding ortho intramolecular Hbond substituents is 1. The molecule has 0 fully saturated rings. The van der Waals surface area contributed by atoms with E-state index in [-0.39, 0.29) is 24.0 Å². The Hall–Kier alpha value is -4.74. The van der Waals surface area contributed by atoms with E-state index in [0.29, 0.717) is 11.4 Å². The van der Waals surface area contributed by atoms with Crippen LogP contribution in [0.2, 0.25) is 0 Å². The highest BCUT2D eigenvalue weighted by atomic mass is 19.1. The summed E-state index contributed by atoms with van der Waals surface area (Å²) in [7, 11) is 1.77. The third kappa shape index (κ3) is 4.60.